The van der Waals surface area contributed by atoms with Gasteiger partial charge in [-0.2, -0.15) is 0 Å². The predicted molar refractivity (Wildman–Crippen MR) is 25.4 cm³/mol. The van der Waals surface area contributed by atoms with E-state index in [2.05, 4.69) is 10.9 Å². The van der Waals surface area contributed by atoms with Crippen LogP contribution >= 0.6 is 11.6 Å². The number of hydrazine groups is 1. The molecule has 1 saturated heterocycles. The molecule has 1 unspecified atom stereocenters. The topological polar surface area (TPSA) is 24.1 Å². The van der Waals surface area contributed by atoms with Crippen LogP contribution in [-0.2, 0) is 0 Å². The number of hydrogen-bond donors (Lipinski definition) is 2. The summed E-state index contributed by atoms with van der Waals surface area (Å²) in [5.41, 5.74) is 5.79. The molecule has 6 heavy (non-hydrogen) atoms. The van der Waals surface area contributed by atoms with E-state index < -0.39 is 0 Å². The lowest BCUT2D eigenvalue weighted by atomic mass is 10.3. The van der Waals surface area contributed by atoms with Crippen molar-refractivity contribution in [3.63, 3.8) is 0 Å². The van der Waals surface area contributed by atoms with Gasteiger partial charge in [-0.1, -0.05) is 0 Å². The molecule has 0 radical (unpaired) electrons. The highest BCUT2D eigenvalue weighted by atomic mass is 35.5. The van der Waals surface area contributed by atoms with Crippen molar-refractivity contribution in [1.29, 1.82) is 0 Å². The molecule has 3 heteroatoms. The first-order chi connectivity index (χ1) is 2.80. The van der Waals surface area contributed by atoms with Crippen LogP contribution in [0.4, 0.5) is 0 Å². The fourth-order valence-electron chi connectivity index (χ4n) is 0.313. The second kappa shape index (κ2) is 1.37. The summed E-state index contributed by atoms with van der Waals surface area (Å²) < 4.78 is 0. The van der Waals surface area contributed by atoms with Crippen LogP contribution in [0.15, 0.2) is 0 Å². The Bertz CT molecular complexity index is 48.8. The van der Waals surface area contributed by atoms with Crippen molar-refractivity contribution in [3.8, 4) is 0 Å². The largest absolute Gasteiger partial charge is 0.251 e. The summed E-state index contributed by atoms with van der Waals surface area (Å²) in [5, 5.41) is 0. The van der Waals surface area contributed by atoms with E-state index in [9.17, 15) is 0 Å². The zero-order valence-corrected chi connectivity index (χ0v) is 4.29. The molecular formula is C3H7ClN2. The van der Waals surface area contributed by atoms with Crippen LogP contribution in [0.3, 0.4) is 0 Å². The van der Waals surface area contributed by atoms with Crippen LogP contribution in [-0.4, -0.2) is 11.5 Å². The van der Waals surface area contributed by atoms with Crippen molar-refractivity contribution < 1.29 is 0 Å². The average Bonchev–Trinajstić information content (AvgIpc) is 1.61. The summed E-state index contributed by atoms with van der Waals surface area (Å²) in [7, 11) is 0. The van der Waals surface area contributed by atoms with E-state index in [1.165, 1.54) is 0 Å². The van der Waals surface area contributed by atoms with E-state index in [-0.39, 0.29) is 5.50 Å². The van der Waals surface area contributed by atoms with E-state index in [1.54, 1.807) is 0 Å². The van der Waals surface area contributed by atoms with E-state index >= 15 is 0 Å². The Morgan fingerprint density at radius 1 is 1.50 bits per heavy atom. The number of halogens is 1. The fourth-order valence-corrected chi connectivity index (χ4v) is 0.439. The molecular weight excluding hydrogens is 99.5 g/mol. The SMILES string of the molecule is CC1NN[C@@H]1Cl. The number of hydrogen-bond acceptors (Lipinski definition) is 2. The van der Waals surface area contributed by atoms with Gasteiger partial charge in [0.25, 0.3) is 0 Å². The standard InChI is InChI=1S/C3H7ClN2/c1-2-3(4)6-5-2/h2-3,5-6H,1H3/t2?,3-/m0/s1. The van der Waals surface area contributed by atoms with Crippen molar-refractivity contribution in [1.82, 2.24) is 10.9 Å². The highest BCUT2D eigenvalue weighted by molar-refractivity contribution is 6.21. The molecule has 0 amide bonds. The van der Waals surface area contributed by atoms with Crippen LogP contribution in [0.1, 0.15) is 6.92 Å². The molecule has 2 N–H and O–H groups in total. The summed E-state index contributed by atoms with van der Waals surface area (Å²) >= 11 is 5.53. The van der Waals surface area contributed by atoms with Gasteiger partial charge >= 0.3 is 0 Å². The quantitative estimate of drug-likeness (QED) is 0.337. The Balaban J connectivity index is 2.20. The van der Waals surface area contributed by atoms with Crippen molar-refractivity contribution in [2.24, 2.45) is 0 Å². The van der Waals surface area contributed by atoms with Crippen molar-refractivity contribution in [2.45, 2.75) is 18.5 Å². The van der Waals surface area contributed by atoms with Gasteiger partial charge in [0.2, 0.25) is 0 Å². The molecule has 36 valence electrons. The van der Waals surface area contributed by atoms with E-state index in [0.29, 0.717) is 6.04 Å². The lowest BCUT2D eigenvalue weighted by molar-refractivity contribution is 0.285. The highest BCUT2D eigenvalue weighted by Gasteiger charge is 2.21. The van der Waals surface area contributed by atoms with Gasteiger partial charge in [0.15, 0.2) is 0 Å². The van der Waals surface area contributed by atoms with Crippen molar-refractivity contribution >= 4 is 11.6 Å². The smallest absolute Gasteiger partial charge is 0.111 e. The van der Waals surface area contributed by atoms with Crippen molar-refractivity contribution in [3.05, 3.63) is 0 Å². The molecule has 0 bridgehead atoms. The van der Waals surface area contributed by atoms with Gasteiger partial charge in [-0.3, -0.25) is 5.43 Å². The van der Waals surface area contributed by atoms with Gasteiger partial charge in [-0.05, 0) is 6.92 Å². The summed E-state index contributed by atoms with van der Waals surface area (Å²) in [5.74, 6) is 0. The monoisotopic (exact) mass is 106 g/mol. The third-order valence-electron chi connectivity index (χ3n) is 0.888. The normalized spacial score (nSPS) is 45.0. The maximum Gasteiger partial charge on any atom is 0.111 e. The fraction of sp³-hybridized carbons (Fsp3) is 1.00. The molecule has 2 nitrogen and oxygen atoms in total. The molecule has 1 aliphatic heterocycles. The Morgan fingerprint density at radius 2 is 2.00 bits per heavy atom. The molecule has 2 atom stereocenters. The minimum Gasteiger partial charge on any atom is -0.251 e. The minimum atomic E-state index is 0.144. The molecule has 0 spiro atoms. The Morgan fingerprint density at radius 3 is 2.00 bits per heavy atom. The molecule has 0 aromatic heterocycles. The summed E-state index contributed by atoms with van der Waals surface area (Å²) in [6, 6.07) is 0.437. The zero-order valence-electron chi connectivity index (χ0n) is 3.53. The van der Waals surface area contributed by atoms with Crippen molar-refractivity contribution in [2.75, 3.05) is 0 Å². The van der Waals surface area contributed by atoms with Crippen LogP contribution in [0.5, 0.6) is 0 Å². The van der Waals surface area contributed by atoms with Crippen LogP contribution in [0, 0.1) is 0 Å². The summed E-state index contributed by atoms with van der Waals surface area (Å²) in [6.45, 7) is 2.02. The third kappa shape index (κ3) is 0.511. The second-order valence-corrected chi connectivity index (χ2v) is 1.95. The Hall–Kier alpha value is 0.210. The van der Waals surface area contributed by atoms with E-state index in [0.717, 1.165) is 0 Å². The predicted octanol–water partition coefficient (Wildman–Crippen LogP) is 0.0476. The van der Waals surface area contributed by atoms with Gasteiger partial charge < -0.3 is 0 Å². The number of alkyl halides is 1. The average molecular weight is 107 g/mol. The molecule has 0 saturated carbocycles. The molecule has 1 rings (SSSR count). The molecule has 0 aliphatic carbocycles. The first-order valence-corrected chi connectivity index (χ1v) is 2.39. The Labute approximate surface area is 41.8 Å². The van der Waals surface area contributed by atoms with Crippen LogP contribution in [0.2, 0.25) is 0 Å². The Kier molecular flexibility index (Phi) is 0.998. The summed E-state index contributed by atoms with van der Waals surface area (Å²) in [4.78, 5) is 0. The first-order valence-electron chi connectivity index (χ1n) is 1.96. The van der Waals surface area contributed by atoms with E-state index in [4.69, 9.17) is 11.6 Å². The highest BCUT2D eigenvalue weighted by Crippen LogP contribution is 2.02. The lowest BCUT2D eigenvalue weighted by Crippen LogP contribution is -2.63. The van der Waals surface area contributed by atoms with E-state index in [1.807, 2.05) is 6.92 Å². The maximum absolute atomic E-state index is 5.53. The van der Waals surface area contributed by atoms with Gasteiger partial charge in [0.1, 0.15) is 5.50 Å². The molecule has 0 aromatic rings. The van der Waals surface area contributed by atoms with Gasteiger partial charge in [-0.25, -0.2) is 5.43 Å². The van der Waals surface area contributed by atoms with Gasteiger partial charge in [-0.15, -0.1) is 11.6 Å². The molecule has 0 aromatic carbocycles. The number of nitrogens with one attached hydrogen (secondary N) is 2. The molecule has 1 heterocycles. The number of rotatable bonds is 0. The maximum atomic E-state index is 5.53. The third-order valence-corrected chi connectivity index (χ3v) is 1.37. The van der Waals surface area contributed by atoms with Crippen LogP contribution < -0.4 is 10.9 Å². The van der Waals surface area contributed by atoms with Gasteiger partial charge in [0.05, 0.1) is 0 Å². The summed E-state index contributed by atoms with van der Waals surface area (Å²) in [6.07, 6.45) is 0. The van der Waals surface area contributed by atoms with Crippen LogP contribution in [0.25, 0.3) is 0 Å². The van der Waals surface area contributed by atoms with Gasteiger partial charge in [0, 0.05) is 6.04 Å². The minimum absolute atomic E-state index is 0.144. The first kappa shape index (κ1) is 4.37. The lowest BCUT2D eigenvalue weighted by Gasteiger charge is -2.31. The molecule has 1 aliphatic rings. The zero-order chi connectivity index (χ0) is 4.57. The second-order valence-electron chi connectivity index (χ2n) is 1.48. The molecule has 1 fully saturated rings.